The topological polar surface area (TPSA) is 104 Å². The van der Waals surface area contributed by atoms with E-state index in [1.807, 2.05) is 54.7 Å². The lowest BCUT2D eigenvalue weighted by atomic mass is 10.0. The van der Waals surface area contributed by atoms with Crippen LogP contribution in [0.25, 0.3) is 33.0 Å². The molecular formula is C22H18N4O3. The fourth-order valence-corrected chi connectivity index (χ4v) is 3.69. The van der Waals surface area contributed by atoms with Crippen LogP contribution in [0, 0.1) is 6.92 Å². The number of para-hydroxylation sites is 2. The van der Waals surface area contributed by atoms with E-state index < -0.39 is 12.0 Å². The number of anilines is 1. The fourth-order valence-electron chi connectivity index (χ4n) is 3.69. The number of benzene rings is 2. The van der Waals surface area contributed by atoms with Gasteiger partial charge in [-0.2, -0.15) is 0 Å². The number of H-pyrrole nitrogens is 1. The molecule has 7 nitrogen and oxygen atoms in total. The van der Waals surface area contributed by atoms with Crippen molar-refractivity contribution in [3.05, 3.63) is 66.1 Å². The molecule has 7 heteroatoms. The van der Waals surface area contributed by atoms with E-state index in [1.54, 1.807) is 6.92 Å². The minimum atomic E-state index is -0.962. The van der Waals surface area contributed by atoms with Crippen LogP contribution in [0.2, 0.25) is 0 Å². The second kappa shape index (κ2) is 6.63. The standard InChI is InChI=1S/C22H18N4O3/c1-12-24-19-15-7-3-5-9-18(15)29-20(19)21(25-12)26-17(22(27)28)10-13-11-23-16-8-4-2-6-14(13)16/h2-9,11,17,23H,10H2,1H3,(H,27,28)(H,24,25,26)/t17-/m0/s1. The van der Waals surface area contributed by atoms with Crippen molar-refractivity contribution in [1.82, 2.24) is 15.0 Å². The number of hydrogen-bond acceptors (Lipinski definition) is 5. The molecule has 0 aliphatic carbocycles. The van der Waals surface area contributed by atoms with Gasteiger partial charge in [0.05, 0.1) is 0 Å². The average molecular weight is 386 g/mol. The molecule has 3 heterocycles. The first-order valence-electron chi connectivity index (χ1n) is 9.30. The second-order valence-corrected chi connectivity index (χ2v) is 6.99. The molecule has 5 aromatic rings. The average Bonchev–Trinajstić information content (AvgIpc) is 3.29. The monoisotopic (exact) mass is 386 g/mol. The van der Waals surface area contributed by atoms with Gasteiger partial charge in [0.1, 0.15) is 23.0 Å². The predicted octanol–water partition coefficient (Wildman–Crippen LogP) is 4.27. The highest BCUT2D eigenvalue weighted by molar-refractivity contribution is 6.05. The molecule has 0 fully saturated rings. The van der Waals surface area contributed by atoms with E-state index in [-0.39, 0.29) is 0 Å². The molecule has 0 aliphatic rings. The number of nitrogens with zero attached hydrogens (tertiary/aromatic N) is 2. The molecule has 0 saturated carbocycles. The van der Waals surface area contributed by atoms with Crippen LogP contribution in [0.5, 0.6) is 0 Å². The van der Waals surface area contributed by atoms with Crippen molar-refractivity contribution < 1.29 is 14.3 Å². The third kappa shape index (κ3) is 2.97. The van der Waals surface area contributed by atoms with Gasteiger partial charge in [0.2, 0.25) is 0 Å². The van der Waals surface area contributed by atoms with Crippen LogP contribution in [0.3, 0.4) is 0 Å². The summed E-state index contributed by atoms with van der Waals surface area (Å²) in [5.74, 6) is -0.0328. The van der Waals surface area contributed by atoms with Crippen molar-refractivity contribution in [2.24, 2.45) is 0 Å². The van der Waals surface area contributed by atoms with E-state index in [2.05, 4.69) is 20.3 Å². The van der Waals surface area contributed by atoms with Crippen molar-refractivity contribution in [3.8, 4) is 0 Å². The van der Waals surface area contributed by atoms with Crippen molar-refractivity contribution in [2.75, 3.05) is 5.32 Å². The van der Waals surface area contributed by atoms with Gasteiger partial charge >= 0.3 is 5.97 Å². The maximum Gasteiger partial charge on any atom is 0.326 e. The van der Waals surface area contributed by atoms with E-state index in [0.29, 0.717) is 34.7 Å². The number of rotatable bonds is 5. The molecule has 0 aliphatic heterocycles. The minimum Gasteiger partial charge on any atom is -0.480 e. The molecule has 0 saturated heterocycles. The van der Waals surface area contributed by atoms with Crippen LogP contribution in [0.15, 0.2) is 59.1 Å². The summed E-state index contributed by atoms with van der Waals surface area (Å²) in [6.45, 7) is 1.78. The number of furan rings is 1. The molecule has 5 rings (SSSR count). The molecule has 0 amide bonds. The summed E-state index contributed by atoms with van der Waals surface area (Å²) < 4.78 is 5.94. The normalized spacial score (nSPS) is 12.6. The third-order valence-electron chi connectivity index (χ3n) is 5.04. The van der Waals surface area contributed by atoms with Crippen molar-refractivity contribution >= 4 is 44.8 Å². The molecule has 1 atom stereocenters. The number of hydrogen-bond donors (Lipinski definition) is 3. The molecule has 0 bridgehead atoms. The minimum absolute atomic E-state index is 0.296. The van der Waals surface area contributed by atoms with Crippen LogP contribution in [0.4, 0.5) is 5.82 Å². The smallest absolute Gasteiger partial charge is 0.326 e. The Morgan fingerprint density at radius 2 is 1.90 bits per heavy atom. The zero-order valence-electron chi connectivity index (χ0n) is 15.6. The Morgan fingerprint density at radius 1 is 1.14 bits per heavy atom. The van der Waals surface area contributed by atoms with E-state index in [0.717, 1.165) is 21.9 Å². The van der Waals surface area contributed by atoms with Gasteiger partial charge in [0, 0.05) is 28.9 Å². The maximum absolute atomic E-state index is 12.0. The first-order chi connectivity index (χ1) is 14.1. The first kappa shape index (κ1) is 17.2. The molecule has 3 aromatic heterocycles. The lowest BCUT2D eigenvalue weighted by molar-refractivity contribution is -0.137. The number of aromatic nitrogens is 3. The molecule has 3 N–H and O–H groups in total. The quantitative estimate of drug-likeness (QED) is 0.417. The number of fused-ring (bicyclic) bond motifs is 4. The summed E-state index contributed by atoms with van der Waals surface area (Å²) in [4.78, 5) is 24.1. The highest BCUT2D eigenvalue weighted by Gasteiger charge is 2.23. The number of aromatic amines is 1. The van der Waals surface area contributed by atoms with Crippen molar-refractivity contribution in [1.29, 1.82) is 0 Å². The number of carboxylic acids is 1. The number of nitrogens with one attached hydrogen (secondary N) is 2. The molecular weight excluding hydrogens is 368 g/mol. The summed E-state index contributed by atoms with van der Waals surface area (Å²) in [6.07, 6.45) is 2.15. The van der Waals surface area contributed by atoms with Gasteiger partial charge in [-0.25, -0.2) is 14.8 Å². The van der Waals surface area contributed by atoms with Crippen LogP contribution in [-0.2, 0) is 11.2 Å². The summed E-state index contributed by atoms with van der Waals surface area (Å²) >= 11 is 0. The van der Waals surface area contributed by atoms with Gasteiger partial charge in [-0.15, -0.1) is 0 Å². The zero-order valence-corrected chi connectivity index (χ0v) is 15.6. The Labute approximate surface area is 165 Å². The Bertz CT molecular complexity index is 1370. The number of aryl methyl sites for hydroxylation is 1. The molecule has 0 unspecified atom stereocenters. The number of carboxylic acid groups (broad SMARTS) is 1. The van der Waals surface area contributed by atoms with Gasteiger partial charge in [-0.05, 0) is 30.7 Å². The van der Waals surface area contributed by atoms with Crippen LogP contribution < -0.4 is 5.32 Å². The van der Waals surface area contributed by atoms with Gasteiger partial charge < -0.3 is 19.8 Å². The number of carbonyl (C=O) groups is 1. The summed E-state index contributed by atoms with van der Waals surface area (Å²) in [7, 11) is 0. The maximum atomic E-state index is 12.0. The highest BCUT2D eigenvalue weighted by Crippen LogP contribution is 2.31. The van der Waals surface area contributed by atoms with E-state index in [9.17, 15) is 9.90 Å². The largest absolute Gasteiger partial charge is 0.480 e. The summed E-state index contributed by atoms with van der Waals surface area (Å²) in [6, 6.07) is 14.5. The lowest BCUT2D eigenvalue weighted by Crippen LogP contribution is -2.32. The van der Waals surface area contributed by atoms with Gasteiger partial charge in [0.25, 0.3) is 0 Å². The van der Waals surface area contributed by atoms with E-state index in [4.69, 9.17) is 4.42 Å². The predicted molar refractivity (Wildman–Crippen MR) is 111 cm³/mol. The summed E-state index contributed by atoms with van der Waals surface area (Å²) in [5, 5.41) is 14.8. The fraction of sp³-hybridized carbons (Fsp3) is 0.136. The Balaban J connectivity index is 1.56. The second-order valence-electron chi connectivity index (χ2n) is 6.99. The number of aliphatic carboxylic acids is 1. The van der Waals surface area contributed by atoms with E-state index >= 15 is 0 Å². The molecule has 0 radical (unpaired) electrons. The molecule has 29 heavy (non-hydrogen) atoms. The van der Waals surface area contributed by atoms with Crippen LogP contribution in [-0.4, -0.2) is 32.1 Å². The SMILES string of the molecule is Cc1nc(N[C@@H](Cc2c[nH]c3ccccc23)C(=O)O)c2oc3ccccc3c2n1. The Hall–Kier alpha value is -3.87. The lowest BCUT2D eigenvalue weighted by Gasteiger charge is -2.15. The van der Waals surface area contributed by atoms with Gasteiger partial charge in [0.15, 0.2) is 11.4 Å². The highest BCUT2D eigenvalue weighted by atomic mass is 16.4. The Morgan fingerprint density at radius 3 is 2.72 bits per heavy atom. The van der Waals surface area contributed by atoms with Crippen molar-refractivity contribution in [2.45, 2.75) is 19.4 Å². The first-order valence-corrected chi connectivity index (χ1v) is 9.30. The zero-order chi connectivity index (χ0) is 20.0. The summed E-state index contributed by atoms with van der Waals surface area (Å²) in [5.41, 5.74) is 3.72. The van der Waals surface area contributed by atoms with Gasteiger partial charge in [-0.1, -0.05) is 30.3 Å². The van der Waals surface area contributed by atoms with Gasteiger partial charge in [-0.3, -0.25) is 0 Å². The van der Waals surface area contributed by atoms with Crippen molar-refractivity contribution in [3.63, 3.8) is 0 Å². The molecule has 144 valence electrons. The van der Waals surface area contributed by atoms with Crippen LogP contribution >= 0.6 is 0 Å². The molecule has 2 aromatic carbocycles. The Kier molecular flexibility index (Phi) is 3.94. The molecule has 0 spiro atoms. The van der Waals surface area contributed by atoms with E-state index in [1.165, 1.54) is 0 Å². The third-order valence-corrected chi connectivity index (χ3v) is 5.04. The van der Waals surface area contributed by atoms with Crippen LogP contribution in [0.1, 0.15) is 11.4 Å².